The van der Waals surface area contributed by atoms with Gasteiger partial charge in [0.1, 0.15) is 11.5 Å². The fourth-order valence-electron chi connectivity index (χ4n) is 3.36. The zero-order valence-electron chi connectivity index (χ0n) is 14.5. The largest absolute Gasteiger partial charge is 0.441 e. The third-order valence-electron chi connectivity index (χ3n) is 4.76. The van der Waals surface area contributed by atoms with Gasteiger partial charge in [-0.15, -0.1) is 0 Å². The molecule has 0 radical (unpaired) electrons. The zero-order chi connectivity index (χ0) is 18.2. The van der Waals surface area contributed by atoms with Crippen LogP contribution in [0.25, 0.3) is 22.4 Å². The van der Waals surface area contributed by atoms with E-state index >= 15 is 0 Å². The van der Waals surface area contributed by atoms with Gasteiger partial charge in [-0.05, 0) is 24.3 Å². The van der Waals surface area contributed by atoms with Crippen molar-refractivity contribution in [1.29, 1.82) is 0 Å². The van der Waals surface area contributed by atoms with Crippen LogP contribution in [-0.2, 0) is 13.0 Å². The number of hydrogen-bond acceptors (Lipinski definition) is 5. The molecule has 0 spiro atoms. The van der Waals surface area contributed by atoms with E-state index in [1.807, 2.05) is 42.5 Å². The number of fused-ring (bicyclic) bond motifs is 2. The van der Waals surface area contributed by atoms with Crippen molar-refractivity contribution in [2.45, 2.75) is 13.0 Å². The Labute approximate surface area is 155 Å². The summed E-state index contributed by atoms with van der Waals surface area (Å²) < 4.78 is 5.88. The van der Waals surface area contributed by atoms with Gasteiger partial charge < -0.3 is 9.32 Å². The highest BCUT2D eigenvalue weighted by Gasteiger charge is 2.26. The maximum absolute atomic E-state index is 12.9. The van der Waals surface area contributed by atoms with Crippen LogP contribution in [0.5, 0.6) is 0 Å². The molecule has 1 amide bonds. The Morgan fingerprint density at radius 3 is 2.93 bits per heavy atom. The van der Waals surface area contributed by atoms with Crippen LogP contribution in [-0.4, -0.2) is 32.3 Å². The lowest BCUT2D eigenvalue weighted by Gasteiger charge is -2.25. The number of carbonyl (C=O) groups excluding carboxylic acids is 1. The summed E-state index contributed by atoms with van der Waals surface area (Å²) in [6.07, 6.45) is 5.73. The molecular weight excluding hydrogens is 340 g/mol. The smallest absolute Gasteiger partial charge is 0.255 e. The fourth-order valence-corrected chi connectivity index (χ4v) is 3.36. The van der Waals surface area contributed by atoms with Crippen molar-refractivity contribution in [2.75, 3.05) is 6.54 Å². The molecule has 0 saturated heterocycles. The van der Waals surface area contributed by atoms with Crippen molar-refractivity contribution < 1.29 is 9.21 Å². The number of rotatable bonds is 2. The third kappa shape index (κ3) is 2.85. The monoisotopic (exact) mass is 356 g/mol. The second-order valence-corrected chi connectivity index (χ2v) is 6.52. The van der Waals surface area contributed by atoms with Crippen molar-refractivity contribution >= 4 is 16.8 Å². The molecule has 1 aromatic carbocycles. The molecule has 0 N–H and O–H groups in total. The summed E-state index contributed by atoms with van der Waals surface area (Å²) >= 11 is 0. The Balaban J connectivity index is 1.41. The van der Waals surface area contributed by atoms with Crippen molar-refractivity contribution in [3.63, 3.8) is 0 Å². The minimum atomic E-state index is -0.0372. The van der Waals surface area contributed by atoms with Crippen LogP contribution in [0.1, 0.15) is 21.8 Å². The molecule has 1 aliphatic rings. The molecule has 0 saturated carbocycles. The quantitative estimate of drug-likeness (QED) is 0.550. The second-order valence-electron chi connectivity index (χ2n) is 6.52. The Morgan fingerprint density at radius 1 is 1.11 bits per heavy atom. The van der Waals surface area contributed by atoms with Gasteiger partial charge in [-0.2, -0.15) is 0 Å². The first-order chi connectivity index (χ1) is 13.3. The van der Waals surface area contributed by atoms with Crippen molar-refractivity contribution in [3.05, 3.63) is 78.1 Å². The van der Waals surface area contributed by atoms with E-state index in [4.69, 9.17) is 4.42 Å². The van der Waals surface area contributed by atoms with E-state index in [9.17, 15) is 4.79 Å². The van der Waals surface area contributed by atoms with Crippen LogP contribution in [0.4, 0.5) is 0 Å². The van der Waals surface area contributed by atoms with E-state index in [0.29, 0.717) is 31.0 Å². The fraction of sp³-hybridized carbons (Fsp3) is 0.143. The van der Waals surface area contributed by atoms with E-state index in [1.54, 1.807) is 23.5 Å². The molecule has 0 fully saturated rings. The van der Waals surface area contributed by atoms with Gasteiger partial charge in [0.25, 0.3) is 5.91 Å². The molecule has 0 aliphatic carbocycles. The van der Waals surface area contributed by atoms with E-state index in [0.717, 1.165) is 27.9 Å². The predicted molar refractivity (Wildman–Crippen MR) is 99.9 cm³/mol. The molecule has 4 heterocycles. The van der Waals surface area contributed by atoms with Gasteiger partial charge >= 0.3 is 0 Å². The molecule has 132 valence electrons. The van der Waals surface area contributed by atoms with Gasteiger partial charge in [-0.1, -0.05) is 18.2 Å². The summed E-state index contributed by atoms with van der Waals surface area (Å²) in [7, 11) is 0. The topological polar surface area (TPSA) is 72.1 Å². The highest BCUT2D eigenvalue weighted by atomic mass is 16.4. The van der Waals surface area contributed by atoms with E-state index < -0.39 is 0 Å². The van der Waals surface area contributed by atoms with Crippen molar-refractivity contribution in [3.8, 4) is 11.5 Å². The molecular formula is C21H16N4O2. The average molecular weight is 356 g/mol. The zero-order valence-corrected chi connectivity index (χ0v) is 14.5. The van der Waals surface area contributed by atoms with Crippen LogP contribution < -0.4 is 0 Å². The first kappa shape index (κ1) is 15.7. The summed E-state index contributed by atoms with van der Waals surface area (Å²) in [6.45, 7) is 1.03. The Kier molecular flexibility index (Phi) is 3.67. The van der Waals surface area contributed by atoms with Crippen LogP contribution in [0.15, 0.2) is 65.5 Å². The molecule has 0 atom stereocenters. The Morgan fingerprint density at radius 2 is 2.04 bits per heavy atom. The standard InChI is InChI=1S/C21H16N4O2/c26-21(16-10-14-4-1-2-6-17(14)23-12-16)25-9-7-19-18(13-25)24-20(27-19)15-5-3-8-22-11-15/h1-6,8,10-12H,7,9,13H2. The highest BCUT2D eigenvalue weighted by Crippen LogP contribution is 2.26. The minimum Gasteiger partial charge on any atom is -0.441 e. The summed E-state index contributed by atoms with van der Waals surface area (Å²) in [5.41, 5.74) is 3.12. The van der Waals surface area contributed by atoms with E-state index in [1.165, 1.54) is 0 Å². The molecule has 6 nitrogen and oxygen atoms in total. The van der Waals surface area contributed by atoms with E-state index in [2.05, 4.69) is 15.0 Å². The number of aromatic nitrogens is 3. The van der Waals surface area contributed by atoms with E-state index in [-0.39, 0.29) is 5.91 Å². The van der Waals surface area contributed by atoms with Gasteiger partial charge in [0, 0.05) is 36.9 Å². The van der Waals surface area contributed by atoms with Crippen LogP contribution in [0, 0.1) is 0 Å². The number of nitrogens with zero attached hydrogens (tertiary/aromatic N) is 4. The summed E-state index contributed by atoms with van der Waals surface area (Å²) in [5.74, 6) is 1.36. The predicted octanol–water partition coefficient (Wildman–Crippen LogP) is 3.48. The normalized spacial score (nSPS) is 13.6. The maximum Gasteiger partial charge on any atom is 0.255 e. The maximum atomic E-state index is 12.9. The van der Waals surface area contributed by atoms with Gasteiger partial charge in [-0.3, -0.25) is 14.8 Å². The summed E-state index contributed by atoms with van der Waals surface area (Å²) in [5, 5.41) is 0.960. The Hall–Kier alpha value is -3.54. The highest BCUT2D eigenvalue weighted by molar-refractivity contribution is 5.97. The van der Waals surface area contributed by atoms with Crippen LogP contribution in [0.3, 0.4) is 0 Å². The number of para-hydroxylation sites is 1. The van der Waals surface area contributed by atoms with Gasteiger partial charge in [0.05, 0.1) is 23.2 Å². The Bertz CT molecular complexity index is 1140. The van der Waals surface area contributed by atoms with Crippen LogP contribution in [0.2, 0.25) is 0 Å². The SMILES string of the molecule is O=C(c1cnc2ccccc2c1)N1CCc2oc(-c3cccnc3)nc2C1. The molecule has 3 aromatic heterocycles. The summed E-state index contributed by atoms with van der Waals surface area (Å²) in [4.78, 5) is 27.8. The molecule has 5 rings (SSSR count). The lowest BCUT2D eigenvalue weighted by atomic mass is 10.1. The lowest BCUT2D eigenvalue weighted by molar-refractivity contribution is 0.0727. The van der Waals surface area contributed by atoms with Crippen molar-refractivity contribution in [2.24, 2.45) is 0 Å². The summed E-state index contributed by atoms with van der Waals surface area (Å²) in [6, 6.07) is 13.4. The van der Waals surface area contributed by atoms with Crippen molar-refractivity contribution in [1.82, 2.24) is 19.9 Å². The minimum absolute atomic E-state index is 0.0372. The molecule has 1 aliphatic heterocycles. The lowest BCUT2D eigenvalue weighted by Crippen LogP contribution is -2.35. The number of oxazole rings is 1. The number of benzene rings is 1. The average Bonchev–Trinajstić information content (AvgIpc) is 3.17. The molecule has 0 unspecified atom stereocenters. The van der Waals surface area contributed by atoms with Gasteiger partial charge in [-0.25, -0.2) is 4.98 Å². The number of carbonyl (C=O) groups is 1. The first-order valence-electron chi connectivity index (χ1n) is 8.81. The van der Waals surface area contributed by atoms with Gasteiger partial charge in [0.15, 0.2) is 0 Å². The molecule has 27 heavy (non-hydrogen) atoms. The second kappa shape index (κ2) is 6.32. The molecule has 4 aromatic rings. The number of hydrogen-bond donors (Lipinski definition) is 0. The number of amides is 1. The third-order valence-corrected chi connectivity index (χ3v) is 4.76. The molecule has 0 bridgehead atoms. The van der Waals surface area contributed by atoms with Gasteiger partial charge in [0.2, 0.25) is 5.89 Å². The van der Waals surface area contributed by atoms with Crippen LogP contribution >= 0.6 is 0 Å². The molecule has 6 heteroatoms. The number of pyridine rings is 2. The first-order valence-corrected chi connectivity index (χ1v) is 8.81.